The van der Waals surface area contributed by atoms with Gasteiger partial charge in [0.2, 0.25) is 0 Å². The number of hydrogen-bond acceptors (Lipinski definition) is 4. The molecule has 0 aromatic heterocycles. The molecule has 15 heavy (non-hydrogen) atoms. The minimum Gasteiger partial charge on any atom is -0.469 e. The summed E-state index contributed by atoms with van der Waals surface area (Å²) in [5.74, 6) is -0.130. The van der Waals surface area contributed by atoms with Crippen molar-refractivity contribution in [1.82, 2.24) is 5.32 Å². The lowest BCUT2D eigenvalue weighted by Crippen LogP contribution is -2.39. The van der Waals surface area contributed by atoms with Crippen molar-refractivity contribution in [3.63, 3.8) is 0 Å². The van der Waals surface area contributed by atoms with Crippen molar-refractivity contribution in [2.24, 2.45) is 5.92 Å². The van der Waals surface area contributed by atoms with E-state index in [4.69, 9.17) is 9.47 Å². The van der Waals surface area contributed by atoms with E-state index in [1.807, 2.05) is 6.92 Å². The van der Waals surface area contributed by atoms with E-state index in [9.17, 15) is 4.79 Å². The Bertz CT molecular complexity index is 190. The van der Waals surface area contributed by atoms with Gasteiger partial charge in [-0.2, -0.15) is 0 Å². The first-order valence-corrected chi connectivity index (χ1v) is 5.66. The maximum atomic E-state index is 11.3. The van der Waals surface area contributed by atoms with Gasteiger partial charge < -0.3 is 14.8 Å². The van der Waals surface area contributed by atoms with Crippen molar-refractivity contribution in [2.45, 2.75) is 32.2 Å². The van der Waals surface area contributed by atoms with Crippen LogP contribution < -0.4 is 5.32 Å². The van der Waals surface area contributed by atoms with E-state index in [1.165, 1.54) is 7.11 Å². The summed E-state index contributed by atoms with van der Waals surface area (Å²) in [5, 5.41) is 3.41. The van der Waals surface area contributed by atoms with E-state index in [1.54, 1.807) is 0 Å². The Morgan fingerprint density at radius 2 is 2.20 bits per heavy atom. The number of carbonyl (C=O) groups is 1. The smallest absolute Gasteiger partial charge is 0.309 e. The molecular weight excluding hydrogens is 194 g/mol. The zero-order valence-corrected chi connectivity index (χ0v) is 9.62. The fraction of sp³-hybridized carbons (Fsp3) is 0.909. The summed E-state index contributed by atoms with van der Waals surface area (Å²) in [4.78, 5) is 11.3. The molecule has 1 saturated heterocycles. The Balaban J connectivity index is 2.23. The van der Waals surface area contributed by atoms with Gasteiger partial charge in [-0.25, -0.2) is 0 Å². The van der Waals surface area contributed by atoms with Gasteiger partial charge in [0.05, 0.1) is 13.0 Å². The third-order valence-electron chi connectivity index (χ3n) is 2.90. The van der Waals surface area contributed by atoms with Crippen LogP contribution in [-0.2, 0) is 14.3 Å². The van der Waals surface area contributed by atoms with Gasteiger partial charge in [-0.3, -0.25) is 4.79 Å². The number of ether oxygens (including phenoxy) is 2. The first kappa shape index (κ1) is 12.5. The van der Waals surface area contributed by atoms with Gasteiger partial charge in [-0.05, 0) is 19.3 Å². The second kappa shape index (κ2) is 6.80. The van der Waals surface area contributed by atoms with Crippen LogP contribution in [0.5, 0.6) is 0 Å². The average molecular weight is 215 g/mol. The van der Waals surface area contributed by atoms with Gasteiger partial charge >= 0.3 is 5.97 Å². The highest BCUT2D eigenvalue weighted by Crippen LogP contribution is 2.09. The maximum Gasteiger partial charge on any atom is 0.309 e. The lowest BCUT2D eigenvalue weighted by Gasteiger charge is -2.24. The molecule has 0 bridgehead atoms. The Kier molecular flexibility index (Phi) is 5.65. The fourth-order valence-corrected chi connectivity index (χ4v) is 1.77. The molecule has 1 aliphatic heterocycles. The van der Waals surface area contributed by atoms with Crippen LogP contribution >= 0.6 is 0 Å². The van der Waals surface area contributed by atoms with E-state index in [0.717, 1.165) is 32.5 Å². The van der Waals surface area contributed by atoms with Gasteiger partial charge in [0.15, 0.2) is 0 Å². The van der Waals surface area contributed by atoms with Crippen LogP contribution in [-0.4, -0.2) is 38.9 Å². The Labute approximate surface area is 91.3 Å². The quantitative estimate of drug-likeness (QED) is 0.694. The van der Waals surface area contributed by atoms with Crippen molar-refractivity contribution in [2.75, 3.05) is 26.9 Å². The Morgan fingerprint density at radius 1 is 1.53 bits per heavy atom. The molecule has 0 aromatic rings. The van der Waals surface area contributed by atoms with Crippen molar-refractivity contribution in [3.05, 3.63) is 0 Å². The molecule has 1 aliphatic rings. The molecule has 1 fully saturated rings. The molecule has 0 aromatic carbocycles. The highest BCUT2D eigenvalue weighted by atomic mass is 16.5. The fourth-order valence-electron chi connectivity index (χ4n) is 1.77. The van der Waals surface area contributed by atoms with Gasteiger partial charge in [-0.1, -0.05) is 6.92 Å². The molecule has 0 amide bonds. The minimum absolute atomic E-state index is 0.0159. The maximum absolute atomic E-state index is 11.3. The lowest BCUT2D eigenvalue weighted by atomic mass is 10.0. The zero-order chi connectivity index (χ0) is 11.1. The molecule has 1 N–H and O–H groups in total. The highest BCUT2D eigenvalue weighted by Gasteiger charge is 2.19. The number of esters is 1. The normalized spacial score (nSPS) is 19.9. The standard InChI is InChI=1S/C11H21NO3/c1-3-9(11(13)14-2)8-12-10-4-6-15-7-5-10/h9-10,12H,3-8H2,1-2H3. The number of rotatable bonds is 5. The second-order valence-electron chi connectivity index (χ2n) is 3.92. The number of methoxy groups -OCH3 is 1. The molecule has 0 radical (unpaired) electrons. The molecule has 4 nitrogen and oxygen atoms in total. The lowest BCUT2D eigenvalue weighted by molar-refractivity contribution is -0.145. The van der Waals surface area contributed by atoms with E-state index in [2.05, 4.69) is 5.32 Å². The zero-order valence-electron chi connectivity index (χ0n) is 9.62. The molecule has 1 heterocycles. The summed E-state index contributed by atoms with van der Waals surface area (Å²) in [5.41, 5.74) is 0. The largest absolute Gasteiger partial charge is 0.469 e. The van der Waals surface area contributed by atoms with Crippen LogP contribution in [0.3, 0.4) is 0 Å². The topological polar surface area (TPSA) is 47.6 Å². The van der Waals surface area contributed by atoms with Crippen LogP contribution in [0.1, 0.15) is 26.2 Å². The Morgan fingerprint density at radius 3 is 2.73 bits per heavy atom. The first-order valence-electron chi connectivity index (χ1n) is 5.66. The number of carbonyl (C=O) groups excluding carboxylic acids is 1. The number of hydrogen-bond donors (Lipinski definition) is 1. The third kappa shape index (κ3) is 4.18. The van der Waals surface area contributed by atoms with E-state index >= 15 is 0 Å². The predicted octanol–water partition coefficient (Wildman–Crippen LogP) is 0.954. The molecule has 1 atom stereocenters. The van der Waals surface area contributed by atoms with Crippen molar-refractivity contribution < 1.29 is 14.3 Å². The molecule has 88 valence electrons. The Hall–Kier alpha value is -0.610. The monoisotopic (exact) mass is 215 g/mol. The van der Waals surface area contributed by atoms with Crippen LogP contribution in [0.15, 0.2) is 0 Å². The van der Waals surface area contributed by atoms with Crippen LogP contribution in [0, 0.1) is 5.92 Å². The van der Waals surface area contributed by atoms with Crippen molar-refractivity contribution >= 4 is 5.97 Å². The van der Waals surface area contributed by atoms with Crippen LogP contribution in [0.4, 0.5) is 0 Å². The van der Waals surface area contributed by atoms with E-state index in [-0.39, 0.29) is 11.9 Å². The van der Waals surface area contributed by atoms with Gasteiger partial charge in [-0.15, -0.1) is 0 Å². The average Bonchev–Trinajstić information content (AvgIpc) is 2.31. The molecule has 1 unspecified atom stereocenters. The van der Waals surface area contributed by atoms with Gasteiger partial charge in [0.25, 0.3) is 0 Å². The molecule has 0 spiro atoms. The summed E-state index contributed by atoms with van der Waals surface area (Å²) in [6, 6.07) is 0.498. The summed E-state index contributed by atoms with van der Waals surface area (Å²) in [6.45, 7) is 4.38. The van der Waals surface area contributed by atoms with Crippen molar-refractivity contribution in [1.29, 1.82) is 0 Å². The summed E-state index contributed by atoms with van der Waals surface area (Å²) >= 11 is 0. The summed E-state index contributed by atoms with van der Waals surface area (Å²) in [7, 11) is 1.44. The van der Waals surface area contributed by atoms with Crippen molar-refractivity contribution in [3.8, 4) is 0 Å². The number of nitrogens with one attached hydrogen (secondary N) is 1. The van der Waals surface area contributed by atoms with E-state index in [0.29, 0.717) is 12.6 Å². The molecule has 1 rings (SSSR count). The molecule has 0 saturated carbocycles. The highest BCUT2D eigenvalue weighted by molar-refractivity contribution is 5.72. The third-order valence-corrected chi connectivity index (χ3v) is 2.90. The molecule has 4 heteroatoms. The summed E-state index contributed by atoms with van der Waals surface area (Å²) < 4.78 is 10.0. The predicted molar refractivity (Wildman–Crippen MR) is 57.6 cm³/mol. The second-order valence-corrected chi connectivity index (χ2v) is 3.92. The van der Waals surface area contributed by atoms with Crippen LogP contribution in [0.25, 0.3) is 0 Å². The molecular formula is C11H21NO3. The SMILES string of the molecule is CCC(CNC1CCOCC1)C(=O)OC. The first-order chi connectivity index (χ1) is 7.27. The minimum atomic E-state index is -0.114. The van der Waals surface area contributed by atoms with Crippen LogP contribution in [0.2, 0.25) is 0 Å². The van der Waals surface area contributed by atoms with Gasteiger partial charge in [0, 0.05) is 25.8 Å². The molecule has 0 aliphatic carbocycles. The summed E-state index contributed by atoms with van der Waals surface area (Å²) in [6.07, 6.45) is 2.90. The van der Waals surface area contributed by atoms with E-state index < -0.39 is 0 Å². The van der Waals surface area contributed by atoms with Gasteiger partial charge in [0.1, 0.15) is 0 Å².